The maximum atomic E-state index is 12.3. The minimum Gasteiger partial charge on any atom is -0.458 e. The number of halogens is 1. The van der Waals surface area contributed by atoms with Crippen molar-refractivity contribution in [1.29, 1.82) is 0 Å². The third kappa shape index (κ3) is 3.91. The molecule has 0 bridgehead atoms. The highest BCUT2D eigenvalue weighted by molar-refractivity contribution is 6.33. The van der Waals surface area contributed by atoms with Crippen LogP contribution in [0.25, 0.3) is 0 Å². The normalized spacial score (nSPS) is 25.9. The second-order valence-electron chi connectivity index (χ2n) is 6.51. The Balaban J connectivity index is 2.10. The van der Waals surface area contributed by atoms with Gasteiger partial charge in [-0.25, -0.2) is 4.79 Å². The largest absolute Gasteiger partial charge is 0.458 e. The maximum Gasteiger partial charge on any atom is 0.338 e. The summed E-state index contributed by atoms with van der Waals surface area (Å²) in [5, 5.41) is 0.456. The molecule has 21 heavy (non-hydrogen) atoms. The zero-order valence-corrected chi connectivity index (χ0v) is 13.7. The molecule has 1 aliphatic carbocycles. The number of carbonyl (C=O) groups excluding carboxylic acids is 1. The summed E-state index contributed by atoms with van der Waals surface area (Å²) in [6, 6.07) is 4.88. The second-order valence-corrected chi connectivity index (χ2v) is 6.91. The number of rotatable bonds is 3. The van der Waals surface area contributed by atoms with Gasteiger partial charge in [0.2, 0.25) is 0 Å². The minimum atomic E-state index is -0.303. The zero-order chi connectivity index (χ0) is 15.6. The monoisotopic (exact) mass is 309 g/mol. The first kappa shape index (κ1) is 16.2. The van der Waals surface area contributed by atoms with Gasteiger partial charge < -0.3 is 10.5 Å². The summed E-state index contributed by atoms with van der Waals surface area (Å²) in [5.74, 6) is 1.26. The number of carbonyl (C=O) groups is 1. The molecule has 0 heterocycles. The van der Waals surface area contributed by atoms with Gasteiger partial charge in [0, 0.05) is 0 Å². The van der Waals surface area contributed by atoms with E-state index in [2.05, 4.69) is 20.8 Å². The lowest BCUT2D eigenvalue weighted by Gasteiger charge is -2.36. The van der Waals surface area contributed by atoms with Crippen molar-refractivity contribution in [3.8, 4) is 0 Å². The van der Waals surface area contributed by atoms with E-state index < -0.39 is 0 Å². The van der Waals surface area contributed by atoms with Gasteiger partial charge in [-0.05, 0) is 48.8 Å². The van der Waals surface area contributed by atoms with Gasteiger partial charge in [0.1, 0.15) is 6.10 Å². The summed E-state index contributed by atoms with van der Waals surface area (Å²) in [4.78, 5) is 12.3. The molecule has 1 saturated carbocycles. The quantitative estimate of drug-likeness (QED) is 0.658. The third-order valence-corrected chi connectivity index (χ3v) is 4.80. The Kier molecular flexibility index (Phi) is 5.15. The van der Waals surface area contributed by atoms with Crippen LogP contribution in [0.3, 0.4) is 0 Å². The molecule has 0 radical (unpaired) electrons. The van der Waals surface area contributed by atoms with E-state index in [1.165, 1.54) is 6.42 Å². The van der Waals surface area contributed by atoms with Crippen LogP contribution in [0, 0.1) is 17.8 Å². The molecule has 3 atom stereocenters. The van der Waals surface area contributed by atoms with Crippen molar-refractivity contribution in [1.82, 2.24) is 0 Å². The van der Waals surface area contributed by atoms with Crippen LogP contribution >= 0.6 is 11.6 Å². The lowest BCUT2D eigenvalue weighted by Crippen LogP contribution is -2.35. The lowest BCUT2D eigenvalue weighted by molar-refractivity contribution is -0.0174. The fraction of sp³-hybridized carbons (Fsp3) is 0.588. The van der Waals surface area contributed by atoms with Crippen molar-refractivity contribution < 1.29 is 9.53 Å². The summed E-state index contributed by atoms with van der Waals surface area (Å²) in [5.41, 5.74) is 6.63. The molecule has 0 spiro atoms. The van der Waals surface area contributed by atoms with E-state index >= 15 is 0 Å². The van der Waals surface area contributed by atoms with Gasteiger partial charge in [-0.3, -0.25) is 0 Å². The Hall–Kier alpha value is -1.22. The van der Waals surface area contributed by atoms with Crippen LogP contribution in [-0.2, 0) is 4.74 Å². The predicted octanol–water partition coefficient (Wildman–Crippen LogP) is 4.54. The first-order chi connectivity index (χ1) is 9.88. The van der Waals surface area contributed by atoms with Crippen LogP contribution in [0.15, 0.2) is 18.2 Å². The fourth-order valence-electron chi connectivity index (χ4n) is 3.13. The van der Waals surface area contributed by atoms with Gasteiger partial charge >= 0.3 is 5.97 Å². The topological polar surface area (TPSA) is 52.3 Å². The summed E-state index contributed by atoms with van der Waals surface area (Å²) in [7, 11) is 0. The van der Waals surface area contributed by atoms with E-state index in [9.17, 15) is 4.79 Å². The van der Waals surface area contributed by atoms with E-state index in [4.69, 9.17) is 22.1 Å². The summed E-state index contributed by atoms with van der Waals surface area (Å²) in [6.07, 6.45) is 3.28. The summed E-state index contributed by atoms with van der Waals surface area (Å²) in [6.45, 7) is 6.61. The van der Waals surface area contributed by atoms with Gasteiger partial charge in [0.05, 0.1) is 16.3 Å². The van der Waals surface area contributed by atoms with E-state index in [1.807, 2.05) is 0 Å². The lowest BCUT2D eigenvalue weighted by atomic mass is 9.75. The highest BCUT2D eigenvalue weighted by Gasteiger charge is 2.33. The molecule has 0 aliphatic heterocycles. The molecule has 0 saturated heterocycles. The fourth-order valence-corrected chi connectivity index (χ4v) is 3.24. The van der Waals surface area contributed by atoms with Crippen molar-refractivity contribution in [2.24, 2.45) is 17.8 Å². The molecule has 116 valence electrons. The second kappa shape index (κ2) is 6.69. The number of esters is 1. The number of nitrogen functional groups attached to an aromatic ring is 1. The average Bonchev–Trinajstić information content (AvgIpc) is 2.41. The zero-order valence-electron chi connectivity index (χ0n) is 12.9. The molecule has 0 aromatic heterocycles. The van der Waals surface area contributed by atoms with E-state index in [1.54, 1.807) is 18.2 Å². The highest BCUT2D eigenvalue weighted by atomic mass is 35.5. The van der Waals surface area contributed by atoms with Crippen molar-refractivity contribution in [3.63, 3.8) is 0 Å². The number of benzene rings is 1. The number of hydrogen-bond acceptors (Lipinski definition) is 3. The average molecular weight is 310 g/mol. The number of nitrogens with two attached hydrogens (primary N) is 1. The Morgan fingerprint density at radius 2 is 2.10 bits per heavy atom. The van der Waals surface area contributed by atoms with Crippen LogP contribution in [-0.4, -0.2) is 12.1 Å². The summed E-state index contributed by atoms with van der Waals surface area (Å²) < 4.78 is 5.78. The van der Waals surface area contributed by atoms with Crippen LogP contribution in [0.5, 0.6) is 0 Å². The van der Waals surface area contributed by atoms with Crippen LogP contribution < -0.4 is 5.73 Å². The molecule has 1 aromatic carbocycles. The predicted molar refractivity (Wildman–Crippen MR) is 86.4 cm³/mol. The molecule has 3 unspecified atom stereocenters. The van der Waals surface area contributed by atoms with Crippen molar-refractivity contribution in [2.75, 3.05) is 5.73 Å². The first-order valence-electron chi connectivity index (χ1n) is 7.64. The standard InChI is InChI=1S/C17H24ClNO2/c1-10(2)13-6-4-11(3)8-16(13)21-17(20)12-5-7-14(18)15(19)9-12/h5,7,9-11,13,16H,4,6,8,19H2,1-3H3. The van der Waals surface area contributed by atoms with Crippen molar-refractivity contribution in [3.05, 3.63) is 28.8 Å². The van der Waals surface area contributed by atoms with E-state index in [-0.39, 0.29) is 12.1 Å². The smallest absolute Gasteiger partial charge is 0.338 e. The summed E-state index contributed by atoms with van der Waals surface area (Å²) >= 11 is 5.88. The molecule has 1 aromatic rings. The van der Waals surface area contributed by atoms with Crippen LogP contribution in [0.2, 0.25) is 5.02 Å². The highest BCUT2D eigenvalue weighted by Crippen LogP contribution is 2.35. The van der Waals surface area contributed by atoms with Crippen molar-refractivity contribution >= 4 is 23.3 Å². The molecule has 4 heteroatoms. The molecule has 2 N–H and O–H groups in total. The molecule has 0 amide bonds. The maximum absolute atomic E-state index is 12.3. The van der Waals surface area contributed by atoms with Crippen molar-refractivity contribution in [2.45, 2.75) is 46.1 Å². The molecule has 1 aliphatic rings. The van der Waals surface area contributed by atoms with Crippen LogP contribution in [0.4, 0.5) is 5.69 Å². The number of hydrogen-bond donors (Lipinski definition) is 1. The minimum absolute atomic E-state index is 0.00171. The molecular formula is C17H24ClNO2. The number of ether oxygens (including phenoxy) is 1. The Morgan fingerprint density at radius 1 is 1.38 bits per heavy atom. The molecule has 1 fully saturated rings. The van der Waals surface area contributed by atoms with Gasteiger partial charge in [-0.15, -0.1) is 0 Å². The van der Waals surface area contributed by atoms with E-state index in [0.29, 0.717) is 34.0 Å². The van der Waals surface area contributed by atoms with Gasteiger partial charge in [-0.1, -0.05) is 38.8 Å². The molecule has 2 rings (SSSR count). The molecule has 3 nitrogen and oxygen atoms in total. The Morgan fingerprint density at radius 3 is 2.71 bits per heavy atom. The van der Waals surface area contributed by atoms with Crippen LogP contribution in [0.1, 0.15) is 50.4 Å². The number of anilines is 1. The van der Waals surface area contributed by atoms with Gasteiger partial charge in [0.15, 0.2) is 0 Å². The van der Waals surface area contributed by atoms with Gasteiger partial charge in [-0.2, -0.15) is 0 Å². The Bertz CT molecular complexity index is 516. The van der Waals surface area contributed by atoms with E-state index in [0.717, 1.165) is 12.8 Å². The first-order valence-corrected chi connectivity index (χ1v) is 8.02. The third-order valence-electron chi connectivity index (χ3n) is 4.45. The SMILES string of the molecule is CC1CCC(C(C)C)C(OC(=O)c2ccc(Cl)c(N)c2)C1. The Labute approximate surface area is 131 Å². The van der Waals surface area contributed by atoms with Gasteiger partial charge in [0.25, 0.3) is 0 Å². The molecular weight excluding hydrogens is 286 g/mol.